The molecule has 7 heteroatoms. The topological polar surface area (TPSA) is 134 Å². The molecular formula is C12H7N3O4. The summed E-state index contributed by atoms with van der Waals surface area (Å²) in [5, 5.41) is 37.4. The molecule has 0 saturated carbocycles. The van der Waals surface area contributed by atoms with Crippen LogP contribution in [0.1, 0.15) is 20.7 Å². The van der Waals surface area contributed by atoms with Crippen molar-refractivity contribution in [2.24, 2.45) is 0 Å². The van der Waals surface area contributed by atoms with Crippen LogP contribution in [0.4, 0.5) is 5.69 Å². The number of nitriles is 2. The number of nitrogens with zero attached hydrogens (tertiary/aromatic N) is 2. The summed E-state index contributed by atoms with van der Waals surface area (Å²) >= 11 is 0. The smallest absolute Gasteiger partial charge is 0.338 e. The highest BCUT2D eigenvalue weighted by Gasteiger charge is 2.19. The third-order valence-electron chi connectivity index (χ3n) is 2.12. The zero-order valence-corrected chi connectivity index (χ0v) is 9.41. The molecule has 0 amide bonds. The van der Waals surface area contributed by atoms with Gasteiger partial charge in [0.15, 0.2) is 0 Å². The van der Waals surface area contributed by atoms with Gasteiger partial charge in [0.1, 0.15) is 17.7 Å². The Hall–Kier alpha value is -3.32. The van der Waals surface area contributed by atoms with E-state index in [1.54, 1.807) is 12.1 Å². The molecule has 19 heavy (non-hydrogen) atoms. The first-order valence-corrected chi connectivity index (χ1v) is 4.87. The van der Waals surface area contributed by atoms with Crippen molar-refractivity contribution in [1.29, 1.82) is 10.5 Å². The fourth-order valence-electron chi connectivity index (χ4n) is 1.32. The number of anilines is 1. The van der Waals surface area contributed by atoms with Crippen molar-refractivity contribution in [2.45, 2.75) is 0 Å². The van der Waals surface area contributed by atoms with Crippen LogP contribution in [0.5, 0.6) is 0 Å². The second kappa shape index (κ2) is 5.84. The Labute approximate surface area is 107 Å². The van der Waals surface area contributed by atoms with Crippen molar-refractivity contribution in [2.75, 3.05) is 5.32 Å². The molecule has 0 aromatic heterocycles. The number of allylic oxidation sites excluding steroid dienone is 1. The number of carbonyl (C=O) groups is 2. The summed E-state index contributed by atoms with van der Waals surface area (Å²) in [6, 6.07) is 7.00. The number of aromatic carboxylic acids is 2. The third-order valence-corrected chi connectivity index (χ3v) is 2.12. The highest BCUT2D eigenvalue weighted by atomic mass is 16.4. The monoisotopic (exact) mass is 257 g/mol. The molecule has 1 aromatic rings. The molecule has 1 rings (SSSR count). The second-order valence-corrected chi connectivity index (χ2v) is 3.26. The SMILES string of the molecule is N#CC(C#N)=CNc1cccc(C(=O)O)c1C(=O)O. The van der Waals surface area contributed by atoms with Gasteiger partial charge in [0.2, 0.25) is 0 Å². The lowest BCUT2D eigenvalue weighted by atomic mass is 10.1. The summed E-state index contributed by atoms with van der Waals surface area (Å²) in [5.41, 5.74) is -1.12. The Morgan fingerprint density at radius 2 is 1.79 bits per heavy atom. The first-order valence-electron chi connectivity index (χ1n) is 4.87. The first kappa shape index (κ1) is 13.7. The van der Waals surface area contributed by atoms with E-state index in [4.69, 9.17) is 20.7 Å². The van der Waals surface area contributed by atoms with Crippen LogP contribution >= 0.6 is 0 Å². The van der Waals surface area contributed by atoms with E-state index in [0.29, 0.717) is 0 Å². The normalized spacial score (nSPS) is 8.74. The van der Waals surface area contributed by atoms with Crippen LogP contribution in [0, 0.1) is 22.7 Å². The Balaban J connectivity index is 3.31. The molecule has 0 spiro atoms. The quantitative estimate of drug-likeness (QED) is 0.694. The van der Waals surface area contributed by atoms with E-state index >= 15 is 0 Å². The van der Waals surface area contributed by atoms with Gasteiger partial charge >= 0.3 is 11.9 Å². The average molecular weight is 257 g/mol. The molecule has 0 bridgehead atoms. The number of hydrogen-bond donors (Lipinski definition) is 3. The van der Waals surface area contributed by atoms with E-state index in [1.165, 1.54) is 12.1 Å². The van der Waals surface area contributed by atoms with Gasteiger partial charge in [-0.25, -0.2) is 9.59 Å². The van der Waals surface area contributed by atoms with Crippen molar-refractivity contribution in [3.63, 3.8) is 0 Å². The summed E-state index contributed by atoms with van der Waals surface area (Å²) < 4.78 is 0. The van der Waals surface area contributed by atoms with Gasteiger partial charge in [-0.1, -0.05) is 6.07 Å². The van der Waals surface area contributed by atoms with Crippen LogP contribution in [-0.2, 0) is 0 Å². The molecule has 3 N–H and O–H groups in total. The van der Waals surface area contributed by atoms with Crippen LogP contribution in [0.3, 0.4) is 0 Å². The molecule has 0 atom stereocenters. The van der Waals surface area contributed by atoms with Crippen molar-refractivity contribution < 1.29 is 19.8 Å². The van der Waals surface area contributed by atoms with Crippen LogP contribution in [0.2, 0.25) is 0 Å². The van der Waals surface area contributed by atoms with Gasteiger partial charge in [0.25, 0.3) is 0 Å². The summed E-state index contributed by atoms with van der Waals surface area (Å²) in [6.45, 7) is 0. The highest BCUT2D eigenvalue weighted by molar-refractivity contribution is 6.05. The van der Waals surface area contributed by atoms with E-state index in [2.05, 4.69) is 5.32 Å². The van der Waals surface area contributed by atoms with Gasteiger partial charge in [0, 0.05) is 6.20 Å². The number of rotatable bonds is 4. The van der Waals surface area contributed by atoms with E-state index in [1.807, 2.05) is 0 Å². The average Bonchev–Trinajstić information content (AvgIpc) is 2.39. The van der Waals surface area contributed by atoms with Crippen molar-refractivity contribution in [1.82, 2.24) is 0 Å². The van der Waals surface area contributed by atoms with E-state index in [-0.39, 0.29) is 16.8 Å². The van der Waals surface area contributed by atoms with Crippen LogP contribution in [0.25, 0.3) is 0 Å². The van der Waals surface area contributed by atoms with Gasteiger partial charge in [-0.05, 0) is 12.1 Å². The highest BCUT2D eigenvalue weighted by Crippen LogP contribution is 2.20. The van der Waals surface area contributed by atoms with Crippen molar-refractivity contribution in [3.8, 4) is 12.1 Å². The fraction of sp³-hybridized carbons (Fsp3) is 0. The maximum absolute atomic E-state index is 11.1. The zero-order valence-electron chi connectivity index (χ0n) is 9.41. The molecule has 0 aliphatic heterocycles. The van der Waals surface area contributed by atoms with Gasteiger partial charge in [-0.15, -0.1) is 0 Å². The largest absolute Gasteiger partial charge is 0.478 e. The first-order chi connectivity index (χ1) is 9.01. The van der Waals surface area contributed by atoms with Crippen molar-refractivity contribution in [3.05, 3.63) is 41.1 Å². The molecule has 94 valence electrons. The van der Waals surface area contributed by atoms with E-state index in [9.17, 15) is 9.59 Å². The van der Waals surface area contributed by atoms with Gasteiger partial charge in [-0.2, -0.15) is 10.5 Å². The summed E-state index contributed by atoms with van der Waals surface area (Å²) in [6.07, 6.45) is 1.01. The molecule has 7 nitrogen and oxygen atoms in total. The fourth-order valence-corrected chi connectivity index (χ4v) is 1.32. The molecule has 0 aliphatic carbocycles. The lowest BCUT2D eigenvalue weighted by Gasteiger charge is -2.08. The molecule has 0 radical (unpaired) electrons. The Kier molecular flexibility index (Phi) is 4.23. The minimum absolute atomic E-state index is 0.0181. The number of hydrogen-bond acceptors (Lipinski definition) is 5. The molecule has 0 unspecified atom stereocenters. The lowest BCUT2D eigenvalue weighted by molar-refractivity contribution is 0.0652. The van der Waals surface area contributed by atoms with Gasteiger partial charge in [-0.3, -0.25) is 0 Å². The zero-order chi connectivity index (χ0) is 14.4. The number of nitrogens with one attached hydrogen (secondary N) is 1. The summed E-state index contributed by atoms with van der Waals surface area (Å²) in [4.78, 5) is 22.0. The Bertz CT molecular complexity index is 634. The Morgan fingerprint density at radius 3 is 2.26 bits per heavy atom. The minimum atomic E-state index is -1.43. The van der Waals surface area contributed by atoms with E-state index < -0.39 is 17.5 Å². The third kappa shape index (κ3) is 3.08. The number of benzene rings is 1. The van der Waals surface area contributed by atoms with Crippen LogP contribution in [0.15, 0.2) is 30.0 Å². The van der Waals surface area contributed by atoms with Gasteiger partial charge in [0.05, 0.1) is 16.8 Å². The predicted octanol–water partition coefficient (Wildman–Crippen LogP) is 1.43. The predicted molar refractivity (Wildman–Crippen MR) is 63.3 cm³/mol. The molecule has 0 heterocycles. The van der Waals surface area contributed by atoms with E-state index in [0.717, 1.165) is 12.3 Å². The lowest BCUT2D eigenvalue weighted by Crippen LogP contribution is -2.10. The summed E-state index contributed by atoms with van der Waals surface area (Å²) in [5.74, 6) is -2.81. The maximum Gasteiger partial charge on any atom is 0.338 e. The second-order valence-electron chi connectivity index (χ2n) is 3.26. The van der Waals surface area contributed by atoms with Crippen molar-refractivity contribution >= 4 is 17.6 Å². The number of carboxylic acids is 2. The molecular weight excluding hydrogens is 250 g/mol. The van der Waals surface area contributed by atoms with Gasteiger partial charge < -0.3 is 15.5 Å². The molecule has 0 fully saturated rings. The molecule has 0 aliphatic rings. The van der Waals surface area contributed by atoms with Crippen LogP contribution in [-0.4, -0.2) is 22.2 Å². The molecule has 1 aromatic carbocycles. The maximum atomic E-state index is 11.1. The Morgan fingerprint density at radius 1 is 1.16 bits per heavy atom. The standard InChI is InChI=1S/C12H7N3O4/c13-4-7(5-14)6-15-9-3-1-2-8(11(16)17)10(9)12(18)19/h1-3,6,15H,(H,16,17)(H,18,19). The molecule has 0 saturated heterocycles. The minimum Gasteiger partial charge on any atom is -0.478 e. The van der Waals surface area contributed by atoms with Crippen LogP contribution < -0.4 is 5.32 Å². The summed E-state index contributed by atoms with van der Waals surface area (Å²) in [7, 11) is 0. The number of carboxylic acid groups (broad SMARTS) is 2.